The Morgan fingerprint density at radius 2 is 2.38 bits per heavy atom. The van der Waals surface area contributed by atoms with Crippen LogP contribution in [0, 0.1) is 17.2 Å². The van der Waals surface area contributed by atoms with Gasteiger partial charge in [-0.15, -0.1) is 3.89 Å². The molecule has 0 bridgehead atoms. The quantitative estimate of drug-likeness (QED) is 0.538. The van der Waals surface area contributed by atoms with E-state index < -0.39 is 21.9 Å². The summed E-state index contributed by atoms with van der Waals surface area (Å²) in [5.74, 6) is -1.46. The summed E-state index contributed by atoms with van der Waals surface area (Å²) in [7, 11) is -4.56. The van der Waals surface area contributed by atoms with E-state index in [1.165, 1.54) is 11.0 Å². The van der Waals surface area contributed by atoms with Crippen LogP contribution in [0.25, 0.3) is 0 Å². The molecular formula is C9H11FN2O3S. The average molecular weight is 246 g/mol. The minimum atomic E-state index is -4.56. The van der Waals surface area contributed by atoms with Crippen LogP contribution in [-0.2, 0) is 15.0 Å². The van der Waals surface area contributed by atoms with Gasteiger partial charge in [-0.3, -0.25) is 4.79 Å². The van der Waals surface area contributed by atoms with Crippen molar-refractivity contribution < 1.29 is 17.1 Å². The van der Waals surface area contributed by atoms with Crippen molar-refractivity contribution in [1.29, 1.82) is 5.26 Å². The predicted molar refractivity (Wildman–Crippen MR) is 54.1 cm³/mol. The standard InChI is InChI=1S/C9H11FN2O3S/c1-7(2-3-11)12-5-8(4-9(12)13)6-16(10,14)15/h2,8H,4-6H2,1H3. The maximum absolute atomic E-state index is 12.4. The van der Waals surface area contributed by atoms with Gasteiger partial charge in [0.15, 0.2) is 0 Å². The lowest BCUT2D eigenvalue weighted by Crippen LogP contribution is -2.23. The highest BCUT2D eigenvalue weighted by atomic mass is 32.3. The third-order valence-electron chi connectivity index (χ3n) is 2.34. The Morgan fingerprint density at radius 1 is 1.75 bits per heavy atom. The van der Waals surface area contributed by atoms with Gasteiger partial charge in [0, 0.05) is 30.7 Å². The van der Waals surface area contributed by atoms with Crippen LogP contribution >= 0.6 is 0 Å². The summed E-state index contributed by atoms with van der Waals surface area (Å²) in [5, 5.41) is 8.42. The molecule has 1 rings (SSSR count). The highest BCUT2D eigenvalue weighted by Crippen LogP contribution is 2.23. The molecule has 1 atom stereocenters. The zero-order chi connectivity index (χ0) is 12.3. The Kier molecular flexibility index (Phi) is 3.65. The first kappa shape index (κ1) is 12.6. The molecule has 88 valence electrons. The molecule has 1 fully saturated rings. The second-order valence-corrected chi connectivity index (χ2v) is 5.11. The molecule has 1 saturated heterocycles. The second-order valence-electron chi connectivity index (χ2n) is 3.69. The molecule has 5 nitrogen and oxygen atoms in total. The van der Waals surface area contributed by atoms with Gasteiger partial charge in [-0.2, -0.15) is 13.7 Å². The first-order valence-electron chi connectivity index (χ1n) is 4.62. The second kappa shape index (κ2) is 4.61. The Bertz CT molecular complexity index is 464. The van der Waals surface area contributed by atoms with E-state index in [0.29, 0.717) is 5.70 Å². The molecule has 1 heterocycles. The molecule has 1 unspecified atom stereocenters. The van der Waals surface area contributed by atoms with Crippen molar-refractivity contribution in [2.45, 2.75) is 13.3 Å². The predicted octanol–water partition coefficient (Wildman–Crippen LogP) is 0.562. The molecule has 1 amide bonds. The van der Waals surface area contributed by atoms with Crippen molar-refractivity contribution in [3.8, 4) is 6.07 Å². The summed E-state index contributed by atoms with van der Waals surface area (Å²) < 4.78 is 33.3. The van der Waals surface area contributed by atoms with Crippen molar-refractivity contribution in [2.75, 3.05) is 12.3 Å². The van der Waals surface area contributed by atoms with Gasteiger partial charge >= 0.3 is 10.2 Å². The fraction of sp³-hybridized carbons (Fsp3) is 0.556. The number of halogens is 1. The fourth-order valence-electron chi connectivity index (χ4n) is 1.69. The van der Waals surface area contributed by atoms with Gasteiger partial charge in [0.25, 0.3) is 0 Å². The molecule has 0 N–H and O–H groups in total. The summed E-state index contributed by atoms with van der Waals surface area (Å²) >= 11 is 0. The minimum absolute atomic E-state index is 0.000240. The summed E-state index contributed by atoms with van der Waals surface area (Å²) in [6, 6.07) is 1.78. The van der Waals surface area contributed by atoms with Crippen LogP contribution in [0.3, 0.4) is 0 Å². The van der Waals surface area contributed by atoms with E-state index in [4.69, 9.17) is 5.26 Å². The van der Waals surface area contributed by atoms with Gasteiger partial charge < -0.3 is 4.90 Å². The molecule has 0 aromatic heterocycles. The highest BCUT2D eigenvalue weighted by Gasteiger charge is 2.33. The van der Waals surface area contributed by atoms with E-state index in [1.807, 2.05) is 0 Å². The molecule has 1 aliphatic heterocycles. The van der Waals surface area contributed by atoms with Crippen LogP contribution in [-0.4, -0.2) is 31.5 Å². The Balaban J connectivity index is 2.72. The highest BCUT2D eigenvalue weighted by molar-refractivity contribution is 7.86. The van der Waals surface area contributed by atoms with Crippen LogP contribution in [0.1, 0.15) is 13.3 Å². The van der Waals surface area contributed by atoms with Gasteiger partial charge in [-0.05, 0) is 6.92 Å². The smallest absolute Gasteiger partial charge is 0.302 e. The van der Waals surface area contributed by atoms with Gasteiger partial charge in [-0.1, -0.05) is 0 Å². The van der Waals surface area contributed by atoms with Crippen molar-refractivity contribution in [1.82, 2.24) is 4.90 Å². The third kappa shape index (κ3) is 3.31. The number of allylic oxidation sites excluding steroid dienone is 2. The van der Waals surface area contributed by atoms with Crippen LogP contribution in [0.5, 0.6) is 0 Å². The van der Waals surface area contributed by atoms with Crippen LogP contribution in [0.4, 0.5) is 3.89 Å². The van der Waals surface area contributed by atoms with E-state index in [1.54, 1.807) is 13.0 Å². The minimum Gasteiger partial charge on any atom is -0.315 e. The van der Waals surface area contributed by atoms with E-state index in [9.17, 15) is 17.1 Å². The van der Waals surface area contributed by atoms with Crippen LogP contribution in [0.2, 0.25) is 0 Å². The number of likely N-dealkylation sites (tertiary alicyclic amines) is 1. The Morgan fingerprint density at radius 3 is 2.88 bits per heavy atom. The number of rotatable bonds is 3. The van der Waals surface area contributed by atoms with Gasteiger partial charge in [0.1, 0.15) is 0 Å². The first-order chi connectivity index (χ1) is 7.33. The number of nitriles is 1. The van der Waals surface area contributed by atoms with E-state index >= 15 is 0 Å². The van der Waals surface area contributed by atoms with Crippen molar-refractivity contribution in [3.63, 3.8) is 0 Å². The number of carbonyl (C=O) groups excluding carboxylic acids is 1. The number of amides is 1. The molecular weight excluding hydrogens is 235 g/mol. The molecule has 1 aliphatic rings. The van der Waals surface area contributed by atoms with Crippen LogP contribution in [0.15, 0.2) is 11.8 Å². The maximum Gasteiger partial charge on any atom is 0.302 e. The topological polar surface area (TPSA) is 78.2 Å². The lowest BCUT2D eigenvalue weighted by molar-refractivity contribution is -0.126. The molecule has 0 spiro atoms. The molecule has 7 heteroatoms. The molecule has 16 heavy (non-hydrogen) atoms. The monoisotopic (exact) mass is 246 g/mol. The molecule has 0 saturated carbocycles. The lowest BCUT2D eigenvalue weighted by Gasteiger charge is -2.15. The Labute approximate surface area is 93.4 Å². The van der Waals surface area contributed by atoms with Crippen LogP contribution < -0.4 is 0 Å². The van der Waals surface area contributed by atoms with E-state index in [2.05, 4.69) is 0 Å². The SMILES string of the molecule is CC(=CC#N)N1CC(CS(=O)(=O)F)CC1=O. The summed E-state index contributed by atoms with van der Waals surface area (Å²) in [6.45, 7) is 1.72. The zero-order valence-corrected chi connectivity index (χ0v) is 9.50. The summed E-state index contributed by atoms with van der Waals surface area (Å²) in [5.41, 5.74) is 0.450. The number of hydrogen-bond donors (Lipinski definition) is 0. The van der Waals surface area contributed by atoms with Crippen molar-refractivity contribution in [3.05, 3.63) is 11.8 Å². The Hall–Kier alpha value is -1.42. The van der Waals surface area contributed by atoms with E-state index in [0.717, 1.165) is 0 Å². The summed E-state index contributed by atoms with van der Waals surface area (Å²) in [4.78, 5) is 12.7. The largest absolute Gasteiger partial charge is 0.315 e. The molecule has 0 radical (unpaired) electrons. The van der Waals surface area contributed by atoms with Gasteiger partial charge in [-0.25, -0.2) is 0 Å². The van der Waals surface area contributed by atoms with Gasteiger partial charge in [0.2, 0.25) is 5.91 Å². The maximum atomic E-state index is 12.4. The molecule has 0 aliphatic carbocycles. The molecule has 0 aromatic carbocycles. The van der Waals surface area contributed by atoms with Crippen molar-refractivity contribution in [2.24, 2.45) is 5.92 Å². The lowest BCUT2D eigenvalue weighted by atomic mass is 10.1. The molecule has 0 aromatic rings. The third-order valence-corrected chi connectivity index (χ3v) is 3.21. The zero-order valence-electron chi connectivity index (χ0n) is 8.68. The number of hydrogen-bond acceptors (Lipinski definition) is 4. The van der Waals surface area contributed by atoms with E-state index in [-0.39, 0.29) is 18.9 Å². The average Bonchev–Trinajstić information content (AvgIpc) is 2.44. The first-order valence-corrected chi connectivity index (χ1v) is 6.18. The fourth-order valence-corrected chi connectivity index (χ4v) is 2.47. The number of carbonyl (C=O) groups is 1. The van der Waals surface area contributed by atoms with Gasteiger partial charge in [0.05, 0.1) is 11.8 Å². The van der Waals surface area contributed by atoms with Crippen molar-refractivity contribution >= 4 is 16.1 Å². The summed E-state index contributed by atoms with van der Waals surface area (Å²) in [6.07, 6.45) is 1.20. The number of nitrogens with zero attached hydrogens (tertiary/aromatic N) is 2. The normalized spacial score (nSPS) is 22.3.